The number of nitrogens with zero attached hydrogens (tertiary/aromatic N) is 1. The molecule has 0 aliphatic rings. The summed E-state index contributed by atoms with van der Waals surface area (Å²) in [6, 6.07) is 26.2. The van der Waals surface area contributed by atoms with E-state index in [4.69, 9.17) is 9.72 Å². The predicted octanol–water partition coefficient (Wildman–Crippen LogP) is 8.10. The number of hydrogen-bond acceptors (Lipinski definition) is 4. The number of imidazole rings is 1. The van der Waals surface area contributed by atoms with Gasteiger partial charge in [0, 0.05) is 46.8 Å². The van der Waals surface area contributed by atoms with Crippen LogP contribution >= 0.6 is 0 Å². The first kappa shape index (κ1) is 26.2. The molecule has 0 aliphatic carbocycles. The van der Waals surface area contributed by atoms with E-state index in [1.165, 1.54) is 0 Å². The van der Waals surface area contributed by atoms with Gasteiger partial charge in [0.1, 0.15) is 5.82 Å². The molecule has 4 aromatic rings. The lowest BCUT2D eigenvalue weighted by atomic mass is 10.0. The largest absolute Gasteiger partial charge is 0.383 e. The first-order valence-corrected chi connectivity index (χ1v) is 13.1. The van der Waals surface area contributed by atoms with Crippen molar-refractivity contribution in [3.05, 3.63) is 84.4 Å². The van der Waals surface area contributed by atoms with E-state index in [0.717, 1.165) is 57.4 Å². The average Bonchev–Trinajstić information content (AvgIpc) is 3.33. The molecule has 5 heteroatoms. The maximum atomic E-state index is 5.39. The minimum atomic E-state index is 0.383. The van der Waals surface area contributed by atoms with Crippen molar-refractivity contribution < 1.29 is 4.74 Å². The highest BCUT2D eigenvalue weighted by Crippen LogP contribution is 2.34. The van der Waals surface area contributed by atoms with Gasteiger partial charge in [-0.1, -0.05) is 60.7 Å². The standard InChI is InChI=1S/C32H38N4O/c1-6-37-21-7-8-24-9-11-27(12-10-24)32-35-30(25-13-17-28(18-14-25)33-22(2)3)31(36-32)26-15-19-29(20-16-26)34-23(4)5/h7-20,22-23,33-34H,6,21H2,1-5H3,(H,35,36)/b8-7+. The lowest BCUT2D eigenvalue weighted by Gasteiger charge is -2.11. The van der Waals surface area contributed by atoms with Gasteiger partial charge < -0.3 is 20.4 Å². The summed E-state index contributed by atoms with van der Waals surface area (Å²) in [5.74, 6) is 0.851. The average molecular weight is 495 g/mol. The summed E-state index contributed by atoms with van der Waals surface area (Å²) in [4.78, 5) is 8.69. The minimum absolute atomic E-state index is 0.383. The van der Waals surface area contributed by atoms with Crippen LogP contribution in [0.3, 0.4) is 0 Å². The fraction of sp³-hybridized carbons (Fsp3) is 0.281. The van der Waals surface area contributed by atoms with Crippen molar-refractivity contribution in [3.8, 4) is 33.9 Å². The van der Waals surface area contributed by atoms with Gasteiger partial charge in [0.25, 0.3) is 0 Å². The molecule has 192 valence electrons. The summed E-state index contributed by atoms with van der Waals surface area (Å²) < 4.78 is 5.39. The van der Waals surface area contributed by atoms with Gasteiger partial charge in [0.05, 0.1) is 18.0 Å². The Hall–Kier alpha value is -3.83. The first-order chi connectivity index (χ1) is 17.9. The third kappa shape index (κ3) is 7.11. The monoisotopic (exact) mass is 494 g/mol. The van der Waals surface area contributed by atoms with E-state index in [0.29, 0.717) is 18.7 Å². The second kappa shape index (κ2) is 12.4. The van der Waals surface area contributed by atoms with E-state index in [1.807, 2.05) is 13.0 Å². The Kier molecular flexibility index (Phi) is 8.81. The van der Waals surface area contributed by atoms with Gasteiger partial charge in [0.2, 0.25) is 0 Å². The minimum Gasteiger partial charge on any atom is -0.383 e. The molecule has 0 atom stereocenters. The van der Waals surface area contributed by atoms with Crippen molar-refractivity contribution in [2.75, 3.05) is 23.8 Å². The summed E-state index contributed by atoms with van der Waals surface area (Å²) in [5.41, 5.74) is 8.52. The Morgan fingerprint density at radius 3 is 1.84 bits per heavy atom. The van der Waals surface area contributed by atoms with E-state index >= 15 is 0 Å². The Balaban J connectivity index is 1.68. The molecule has 0 radical (unpaired) electrons. The number of benzene rings is 3. The highest BCUT2D eigenvalue weighted by atomic mass is 16.5. The van der Waals surface area contributed by atoms with Crippen LogP contribution in [0.4, 0.5) is 11.4 Å². The van der Waals surface area contributed by atoms with Gasteiger partial charge in [-0.25, -0.2) is 4.98 Å². The molecular formula is C32H38N4O. The maximum Gasteiger partial charge on any atom is 0.138 e. The predicted molar refractivity (Wildman–Crippen MR) is 158 cm³/mol. The fourth-order valence-corrected chi connectivity index (χ4v) is 4.17. The second-order valence-corrected chi connectivity index (χ2v) is 9.75. The number of ether oxygens (including phenoxy) is 1. The molecular weight excluding hydrogens is 456 g/mol. The quantitative estimate of drug-likeness (QED) is 0.184. The highest BCUT2D eigenvalue weighted by molar-refractivity contribution is 5.82. The summed E-state index contributed by atoms with van der Waals surface area (Å²) in [6.07, 6.45) is 4.12. The number of hydrogen-bond donors (Lipinski definition) is 3. The first-order valence-electron chi connectivity index (χ1n) is 13.1. The van der Waals surface area contributed by atoms with Crippen LogP contribution in [0, 0.1) is 0 Å². The number of H-pyrrole nitrogens is 1. The van der Waals surface area contributed by atoms with Gasteiger partial charge in [-0.2, -0.15) is 0 Å². The summed E-state index contributed by atoms with van der Waals surface area (Å²) in [5, 5.41) is 6.92. The molecule has 4 rings (SSSR count). The van der Waals surface area contributed by atoms with Crippen LogP contribution in [0.5, 0.6) is 0 Å². The maximum absolute atomic E-state index is 5.39. The topological polar surface area (TPSA) is 62.0 Å². The molecule has 1 heterocycles. The molecule has 0 spiro atoms. The second-order valence-electron chi connectivity index (χ2n) is 9.75. The van der Waals surface area contributed by atoms with E-state index < -0.39 is 0 Å². The third-order valence-electron chi connectivity index (χ3n) is 5.86. The van der Waals surface area contributed by atoms with Gasteiger partial charge in [-0.15, -0.1) is 0 Å². The number of aromatic amines is 1. The van der Waals surface area contributed by atoms with Crippen molar-refractivity contribution in [3.63, 3.8) is 0 Å². The van der Waals surface area contributed by atoms with Gasteiger partial charge in [0.15, 0.2) is 0 Å². The molecule has 5 nitrogen and oxygen atoms in total. The molecule has 1 aromatic heterocycles. The third-order valence-corrected chi connectivity index (χ3v) is 5.86. The molecule has 0 fully saturated rings. The van der Waals surface area contributed by atoms with Gasteiger partial charge in [-0.3, -0.25) is 0 Å². The Morgan fingerprint density at radius 1 is 0.757 bits per heavy atom. The van der Waals surface area contributed by atoms with E-state index in [2.05, 4.69) is 122 Å². The summed E-state index contributed by atoms with van der Waals surface area (Å²) >= 11 is 0. The van der Waals surface area contributed by atoms with Crippen LogP contribution < -0.4 is 10.6 Å². The zero-order valence-corrected chi connectivity index (χ0v) is 22.5. The molecule has 0 saturated heterocycles. The zero-order chi connectivity index (χ0) is 26.2. The van der Waals surface area contributed by atoms with Crippen LogP contribution in [0.25, 0.3) is 40.0 Å². The molecule has 0 saturated carbocycles. The van der Waals surface area contributed by atoms with Crippen molar-refractivity contribution in [1.82, 2.24) is 9.97 Å². The van der Waals surface area contributed by atoms with Gasteiger partial charge in [-0.05, 0) is 64.4 Å². The summed E-state index contributed by atoms with van der Waals surface area (Å²) in [6.45, 7) is 11.9. The molecule has 0 unspecified atom stereocenters. The van der Waals surface area contributed by atoms with Crippen LogP contribution in [-0.2, 0) is 4.74 Å². The molecule has 0 bridgehead atoms. The lowest BCUT2D eigenvalue weighted by molar-refractivity contribution is 0.178. The van der Waals surface area contributed by atoms with Gasteiger partial charge >= 0.3 is 0 Å². The summed E-state index contributed by atoms with van der Waals surface area (Å²) in [7, 11) is 0. The van der Waals surface area contributed by atoms with Crippen molar-refractivity contribution in [1.29, 1.82) is 0 Å². The molecule has 0 amide bonds. The van der Waals surface area contributed by atoms with Crippen LogP contribution in [0.15, 0.2) is 78.9 Å². The van der Waals surface area contributed by atoms with Crippen molar-refractivity contribution in [2.45, 2.75) is 46.7 Å². The van der Waals surface area contributed by atoms with Crippen LogP contribution in [0.2, 0.25) is 0 Å². The Morgan fingerprint density at radius 2 is 1.30 bits per heavy atom. The van der Waals surface area contributed by atoms with Crippen LogP contribution in [0.1, 0.15) is 40.2 Å². The smallest absolute Gasteiger partial charge is 0.138 e. The molecule has 0 aliphatic heterocycles. The van der Waals surface area contributed by atoms with Crippen molar-refractivity contribution >= 4 is 17.5 Å². The van der Waals surface area contributed by atoms with E-state index in [9.17, 15) is 0 Å². The van der Waals surface area contributed by atoms with Crippen molar-refractivity contribution in [2.24, 2.45) is 0 Å². The SMILES string of the molecule is CCOC/C=C/c1ccc(-c2nc(-c3ccc(NC(C)C)cc3)c(-c3ccc(NC(C)C)cc3)[nH]2)cc1. The molecule has 3 aromatic carbocycles. The van der Waals surface area contributed by atoms with E-state index in [1.54, 1.807) is 0 Å². The number of rotatable bonds is 11. The molecule has 3 N–H and O–H groups in total. The molecule has 37 heavy (non-hydrogen) atoms. The Bertz CT molecular complexity index is 1210. The normalized spacial score (nSPS) is 11.5. The lowest BCUT2D eigenvalue weighted by Crippen LogP contribution is -2.09. The fourth-order valence-electron chi connectivity index (χ4n) is 4.17. The number of nitrogens with one attached hydrogen (secondary N) is 3. The highest BCUT2D eigenvalue weighted by Gasteiger charge is 2.16. The Labute approximate surface area is 221 Å². The number of anilines is 2. The van der Waals surface area contributed by atoms with E-state index in [-0.39, 0.29) is 0 Å². The van der Waals surface area contributed by atoms with Crippen LogP contribution in [-0.4, -0.2) is 35.3 Å². The zero-order valence-electron chi connectivity index (χ0n) is 22.5. The number of aromatic nitrogens is 2.